The van der Waals surface area contributed by atoms with Gasteiger partial charge in [-0.3, -0.25) is 0 Å². The van der Waals surface area contributed by atoms with Crippen molar-refractivity contribution in [2.45, 2.75) is 25.2 Å². The molecule has 0 spiro atoms. The minimum Gasteiger partial charge on any atom is -0.398 e. The van der Waals surface area contributed by atoms with E-state index in [2.05, 4.69) is 36.4 Å². The van der Waals surface area contributed by atoms with E-state index in [0.717, 1.165) is 5.69 Å². The van der Waals surface area contributed by atoms with Crippen molar-refractivity contribution in [2.24, 2.45) is 0 Å². The number of nitrogens with two attached hydrogens (primary N) is 1. The first-order chi connectivity index (χ1) is 8.36. The van der Waals surface area contributed by atoms with Crippen LogP contribution in [0.15, 0.2) is 48.5 Å². The molecule has 0 saturated carbocycles. The molecule has 0 saturated heterocycles. The Bertz CT molecular complexity index is 531. The summed E-state index contributed by atoms with van der Waals surface area (Å²) in [5.74, 6) is 0.487. The number of para-hydroxylation sites is 1. The molecule has 0 amide bonds. The number of hydrogen-bond donors (Lipinski definition) is 1. The third-order valence-electron chi connectivity index (χ3n) is 3.74. The molecule has 2 N–H and O–H groups in total. The lowest BCUT2D eigenvalue weighted by atomic mass is 9.78. The highest BCUT2D eigenvalue weighted by Gasteiger charge is 2.22. The number of anilines is 1. The Morgan fingerprint density at radius 2 is 1.59 bits per heavy atom. The quantitative estimate of drug-likeness (QED) is 0.732. The van der Waals surface area contributed by atoms with Gasteiger partial charge in [0.2, 0.25) is 0 Å². The number of benzene rings is 2. The number of rotatable bonds is 1. The topological polar surface area (TPSA) is 26.0 Å². The maximum atomic E-state index is 6.11. The molecular formula is C16H17N. The third-order valence-corrected chi connectivity index (χ3v) is 3.74. The lowest BCUT2D eigenvalue weighted by Crippen LogP contribution is -2.12. The van der Waals surface area contributed by atoms with Gasteiger partial charge in [0, 0.05) is 11.6 Å². The van der Waals surface area contributed by atoms with Gasteiger partial charge in [0.1, 0.15) is 0 Å². The van der Waals surface area contributed by atoms with Crippen LogP contribution in [0.5, 0.6) is 0 Å². The lowest BCUT2D eigenvalue weighted by molar-refractivity contribution is 0.617. The second-order valence-electron chi connectivity index (χ2n) is 4.77. The average molecular weight is 223 g/mol. The van der Waals surface area contributed by atoms with Crippen LogP contribution in [0, 0.1) is 0 Å². The molecule has 1 nitrogen and oxygen atoms in total. The molecule has 2 aromatic rings. The second kappa shape index (κ2) is 4.25. The molecule has 17 heavy (non-hydrogen) atoms. The number of aryl methyl sites for hydroxylation is 1. The summed E-state index contributed by atoms with van der Waals surface area (Å²) in [6.07, 6.45) is 3.68. The van der Waals surface area contributed by atoms with Crippen LogP contribution in [-0.2, 0) is 6.42 Å². The summed E-state index contributed by atoms with van der Waals surface area (Å²) in [5.41, 5.74) is 11.3. The van der Waals surface area contributed by atoms with Gasteiger partial charge in [0.15, 0.2) is 0 Å². The summed E-state index contributed by atoms with van der Waals surface area (Å²) in [4.78, 5) is 0. The Morgan fingerprint density at radius 1 is 0.882 bits per heavy atom. The predicted octanol–water partition coefficient (Wildman–Crippen LogP) is 3.74. The molecule has 1 aliphatic rings. The summed E-state index contributed by atoms with van der Waals surface area (Å²) in [5, 5.41) is 0. The first-order valence-corrected chi connectivity index (χ1v) is 6.28. The molecule has 1 heteroatoms. The van der Waals surface area contributed by atoms with Crippen molar-refractivity contribution in [3.05, 3.63) is 65.2 Å². The second-order valence-corrected chi connectivity index (χ2v) is 4.77. The van der Waals surface area contributed by atoms with Gasteiger partial charge in [-0.2, -0.15) is 0 Å². The van der Waals surface area contributed by atoms with E-state index in [-0.39, 0.29) is 0 Å². The first kappa shape index (κ1) is 10.4. The minimum absolute atomic E-state index is 0.487. The van der Waals surface area contributed by atoms with Crippen LogP contribution in [0.1, 0.15) is 35.4 Å². The molecule has 1 unspecified atom stereocenters. The zero-order valence-corrected chi connectivity index (χ0v) is 9.89. The van der Waals surface area contributed by atoms with Gasteiger partial charge in [0.05, 0.1) is 0 Å². The molecule has 0 fully saturated rings. The normalized spacial score (nSPS) is 18.7. The number of nitrogen functional groups attached to an aromatic ring is 1. The smallest absolute Gasteiger partial charge is 0.0352 e. The molecule has 0 bridgehead atoms. The van der Waals surface area contributed by atoms with E-state index in [1.54, 1.807) is 0 Å². The van der Waals surface area contributed by atoms with Gasteiger partial charge < -0.3 is 5.73 Å². The van der Waals surface area contributed by atoms with E-state index >= 15 is 0 Å². The fourth-order valence-electron chi connectivity index (χ4n) is 2.91. The fourth-order valence-corrected chi connectivity index (χ4v) is 2.91. The molecular weight excluding hydrogens is 206 g/mol. The number of fused-ring (bicyclic) bond motifs is 1. The maximum absolute atomic E-state index is 6.11. The van der Waals surface area contributed by atoms with Crippen LogP contribution in [0.2, 0.25) is 0 Å². The van der Waals surface area contributed by atoms with Crippen molar-refractivity contribution in [3.8, 4) is 0 Å². The van der Waals surface area contributed by atoms with Crippen LogP contribution in [-0.4, -0.2) is 0 Å². The van der Waals surface area contributed by atoms with E-state index in [0.29, 0.717) is 5.92 Å². The molecule has 2 aromatic carbocycles. The molecule has 0 aliphatic heterocycles. The highest BCUT2D eigenvalue weighted by atomic mass is 14.6. The van der Waals surface area contributed by atoms with Crippen molar-refractivity contribution in [2.75, 3.05) is 5.73 Å². The first-order valence-electron chi connectivity index (χ1n) is 6.28. The summed E-state index contributed by atoms with van der Waals surface area (Å²) in [6.45, 7) is 0. The highest BCUT2D eigenvalue weighted by Crippen LogP contribution is 2.38. The SMILES string of the molecule is Nc1ccccc1C1CCCc2ccccc21. The Morgan fingerprint density at radius 3 is 2.41 bits per heavy atom. The zero-order valence-electron chi connectivity index (χ0n) is 9.89. The van der Waals surface area contributed by atoms with Crippen LogP contribution < -0.4 is 5.73 Å². The standard InChI is InChI=1S/C16H17N/c17-16-11-4-3-9-15(16)14-10-5-7-12-6-1-2-8-13(12)14/h1-4,6,8-9,11,14H,5,7,10,17H2. The van der Waals surface area contributed by atoms with E-state index in [4.69, 9.17) is 5.73 Å². The van der Waals surface area contributed by atoms with Gasteiger partial charge in [-0.05, 0) is 42.0 Å². The van der Waals surface area contributed by atoms with Crippen molar-refractivity contribution < 1.29 is 0 Å². The molecule has 1 atom stereocenters. The summed E-state index contributed by atoms with van der Waals surface area (Å²) < 4.78 is 0. The highest BCUT2D eigenvalue weighted by molar-refractivity contribution is 5.53. The monoisotopic (exact) mass is 223 g/mol. The molecule has 0 aromatic heterocycles. The van der Waals surface area contributed by atoms with Gasteiger partial charge in [-0.15, -0.1) is 0 Å². The van der Waals surface area contributed by atoms with Crippen molar-refractivity contribution in [1.82, 2.24) is 0 Å². The van der Waals surface area contributed by atoms with Crippen LogP contribution in [0.25, 0.3) is 0 Å². The van der Waals surface area contributed by atoms with Crippen LogP contribution in [0.4, 0.5) is 5.69 Å². The molecule has 3 rings (SSSR count). The molecule has 1 aliphatic carbocycles. The van der Waals surface area contributed by atoms with Gasteiger partial charge in [0.25, 0.3) is 0 Å². The van der Waals surface area contributed by atoms with Gasteiger partial charge in [-0.25, -0.2) is 0 Å². The van der Waals surface area contributed by atoms with Crippen molar-refractivity contribution >= 4 is 5.69 Å². The molecule has 86 valence electrons. The molecule has 0 heterocycles. The van der Waals surface area contributed by atoms with E-state index < -0.39 is 0 Å². The van der Waals surface area contributed by atoms with E-state index in [1.165, 1.54) is 36.0 Å². The fraction of sp³-hybridized carbons (Fsp3) is 0.250. The Balaban J connectivity index is 2.09. The minimum atomic E-state index is 0.487. The summed E-state index contributed by atoms with van der Waals surface area (Å²) in [6, 6.07) is 17.0. The predicted molar refractivity (Wildman–Crippen MR) is 72.1 cm³/mol. The van der Waals surface area contributed by atoms with Crippen molar-refractivity contribution in [1.29, 1.82) is 0 Å². The van der Waals surface area contributed by atoms with Crippen LogP contribution in [0.3, 0.4) is 0 Å². The van der Waals surface area contributed by atoms with Gasteiger partial charge in [-0.1, -0.05) is 42.5 Å². The lowest BCUT2D eigenvalue weighted by Gasteiger charge is -2.26. The largest absolute Gasteiger partial charge is 0.398 e. The Labute approximate surface area is 102 Å². The number of hydrogen-bond acceptors (Lipinski definition) is 1. The molecule has 0 radical (unpaired) electrons. The average Bonchev–Trinajstić information content (AvgIpc) is 2.39. The van der Waals surface area contributed by atoms with Gasteiger partial charge >= 0.3 is 0 Å². The van der Waals surface area contributed by atoms with Crippen LogP contribution >= 0.6 is 0 Å². The summed E-state index contributed by atoms with van der Waals surface area (Å²) in [7, 11) is 0. The maximum Gasteiger partial charge on any atom is 0.0352 e. The summed E-state index contributed by atoms with van der Waals surface area (Å²) >= 11 is 0. The Kier molecular flexibility index (Phi) is 2.60. The van der Waals surface area contributed by atoms with E-state index in [1.807, 2.05) is 12.1 Å². The van der Waals surface area contributed by atoms with E-state index in [9.17, 15) is 0 Å². The Hall–Kier alpha value is -1.76. The van der Waals surface area contributed by atoms with Crippen molar-refractivity contribution in [3.63, 3.8) is 0 Å². The third kappa shape index (κ3) is 1.82. The zero-order chi connectivity index (χ0) is 11.7.